The van der Waals surface area contributed by atoms with Crippen LogP contribution < -0.4 is 0 Å². The monoisotopic (exact) mass is 344 g/mol. The second-order valence-corrected chi connectivity index (χ2v) is 6.21. The Kier molecular flexibility index (Phi) is 6.05. The first-order valence-electron chi connectivity index (χ1n) is 8.70. The van der Waals surface area contributed by atoms with E-state index in [1.807, 2.05) is 11.8 Å². The Morgan fingerprint density at radius 2 is 2.24 bits per heavy atom. The van der Waals surface area contributed by atoms with Crippen molar-refractivity contribution in [1.82, 2.24) is 29.6 Å². The molecule has 8 heteroatoms. The number of carbonyl (C=O) groups is 1. The van der Waals surface area contributed by atoms with Gasteiger partial charge in [-0.15, -0.1) is 0 Å². The lowest BCUT2D eigenvalue weighted by Gasteiger charge is -2.36. The minimum absolute atomic E-state index is 0.106. The van der Waals surface area contributed by atoms with E-state index >= 15 is 0 Å². The SMILES string of the molecule is Cc1nccnc1CC[C@H]1COCCN1C(=O)CCCn1cncn1. The smallest absolute Gasteiger partial charge is 0.223 e. The highest BCUT2D eigenvalue weighted by Crippen LogP contribution is 2.16. The molecule has 2 aromatic heterocycles. The maximum atomic E-state index is 12.6. The Morgan fingerprint density at radius 3 is 3.04 bits per heavy atom. The second kappa shape index (κ2) is 8.66. The van der Waals surface area contributed by atoms with Gasteiger partial charge in [0.2, 0.25) is 5.91 Å². The van der Waals surface area contributed by atoms with E-state index in [0.29, 0.717) is 32.7 Å². The molecule has 0 bridgehead atoms. The number of morpholine rings is 1. The van der Waals surface area contributed by atoms with Gasteiger partial charge in [-0.2, -0.15) is 5.10 Å². The molecule has 1 atom stereocenters. The summed E-state index contributed by atoms with van der Waals surface area (Å²) in [6.45, 7) is 4.53. The normalized spacial score (nSPS) is 17.6. The summed E-state index contributed by atoms with van der Waals surface area (Å²) in [7, 11) is 0. The molecule has 1 aliphatic heterocycles. The number of carbonyl (C=O) groups excluding carboxylic acids is 1. The zero-order valence-electron chi connectivity index (χ0n) is 14.5. The van der Waals surface area contributed by atoms with Gasteiger partial charge in [0.1, 0.15) is 12.7 Å². The number of nitrogens with zero attached hydrogens (tertiary/aromatic N) is 6. The number of aryl methyl sites for hydroxylation is 3. The van der Waals surface area contributed by atoms with Crippen molar-refractivity contribution in [3.8, 4) is 0 Å². The highest BCUT2D eigenvalue weighted by molar-refractivity contribution is 5.76. The molecular weight excluding hydrogens is 320 g/mol. The van der Waals surface area contributed by atoms with Gasteiger partial charge >= 0.3 is 0 Å². The predicted molar refractivity (Wildman–Crippen MR) is 90.7 cm³/mol. The molecule has 1 aliphatic rings. The molecule has 3 heterocycles. The second-order valence-electron chi connectivity index (χ2n) is 6.21. The Bertz CT molecular complexity index is 676. The van der Waals surface area contributed by atoms with Gasteiger partial charge in [0.05, 0.1) is 30.6 Å². The van der Waals surface area contributed by atoms with E-state index in [0.717, 1.165) is 30.7 Å². The summed E-state index contributed by atoms with van der Waals surface area (Å²) < 4.78 is 7.34. The molecule has 8 nitrogen and oxygen atoms in total. The first kappa shape index (κ1) is 17.5. The lowest BCUT2D eigenvalue weighted by molar-refractivity contribution is -0.140. The lowest BCUT2D eigenvalue weighted by atomic mass is 10.1. The molecule has 0 radical (unpaired) electrons. The van der Waals surface area contributed by atoms with Gasteiger partial charge in [-0.1, -0.05) is 0 Å². The number of ether oxygens (including phenoxy) is 1. The number of aromatic nitrogens is 5. The lowest BCUT2D eigenvalue weighted by Crippen LogP contribution is -2.48. The van der Waals surface area contributed by atoms with Crippen LogP contribution in [0.15, 0.2) is 25.0 Å². The van der Waals surface area contributed by atoms with Crippen LogP contribution in [0.25, 0.3) is 0 Å². The van der Waals surface area contributed by atoms with E-state index in [2.05, 4.69) is 20.1 Å². The maximum Gasteiger partial charge on any atom is 0.223 e. The fourth-order valence-corrected chi connectivity index (χ4v) is 3.09. The van der Waals surface area contributed by atoms with Crippen LogP contribution in [0.3, 0.4) is 0 Å². The third kappa shape index (κ3) is 4.82. The van der Waals surface area contributed by atoms with Gasteiger partial charge in [0.15, 0.2) is 0 Å². The average molecular weight is 344 g/mol. The predicted octanol–water partition coefficient (Wildman–Crippen LogP) is 1.02. The molecule has 1 fully saturated rings. The number of hydrogen-bond acceptors (Lipinski definition) is 6. The molecular formula is C17H24N6O2. The largest absolute Gasteiger partial charge is 0.377 e. The van der Waals surface area contributed by atoms with Crippen molar-refractivity contribution in [3.63, 3.8) is 0 Å². The molecule has 1 amide bonds. The molecule has 0 saturated carbocycles. The van der Waals surface area contributed by atoms with Crippen molar-refractivity contribution in [2.24, 2.45) is 0 Å². The van der Waals surface area contributed by atoms with E-state index in [1.165, 1.54) is 6.33 Å². The summed E-state index contributed by atoms with van der Waals surface area (Å²) in [6.07, 6.45) is 9.51. The van der Waals surface area contributed by atoms with Crippen LogP contribution >= 0.6 is 0 Å². The van der Waals surface area contributed by atoms with Crippen molar-refractivity contribution < 1.29 is 9.53 Å². The first-order valence-corrected chi connectivity index (χ1v) is 8.70. The standard InChI is InChI=1S/C17H24N6O2/c1-14-16(20-7-6-19-14)5-4-15-11-25-10-9-23(15)17(24)3-2-8-22-13-18-12-21-22/h6-7,12-13,15H,2-5,8-11H2,1H3/t15-/m0/s1. The molecule has 0 spiro atoms. The number of hydrogen-bond donors (Lipinski definition) is 0. The summed E-state index contributed by atoms with van der Waals surface area (Å²) in [5.41, 5.74) is 1.94. The highest BCUT2D eigenvalue weighted by atomic mass is 16.5. The Balaban J connectivity index is 1.51. The quantitative estimate of drug-likeness (QED) is 0.745. The van der Waals surface area contributed by atoms with Crippen LogP contribution in [0.1, 0.15) is 30.7 Å². The first-order chi connectivity index (χ1) is 12.2. The summed E-state index contributed by atoms with van der Waals surface area (Å²) >= 11 is 0. The van der Waals surface area contributed by atoms with Crippen LogP contribution in [0.5, 0.6) is 0 Å². The fourth-order valence-electron chi connectivity index (χ4n) is 3.09. The summed E-state index contributed by atoms with van der Waals surface area (Å²) in [5, 5.41) is 4.06. The molecule has 2 aromatic rings. The van der Waals surface area contributed by atoms with Gasteiger partial charge in [0.25, 0.3) is 0 Å². The van der Waals surface area contributed by atoms with E-state index in [-0.39, 0.29) is 11.9 Å². The zero-order valence-corrected chi connectivity index (χ0v) is 14.5. The molecule has 25 heavy (non-hydrogen) atoms. The van der Waals surface area contributed by atoms with Crippen molar-refractivity contribution in [3.05, 3.63) is 36.4 Å². The molecule has 0 aliphatic carbocycles. The van der Waals surface area contributed by atoms with Crippen LogP contribution in [0, 0.1) is 6.92 Å². The summed E-state index contributed by atoms with van der Waals surface area (Å²) in [6, 6.07) is 0.106. The van der Waals surface area contributed by atoms with Gasteiger partial charge in [-0.3, -0.25) is 19.4 Å². The highest BCUT2D eigenvalue weighted by Gasteiger charge is 2.26. The molecule has 0 aromatic carbocycles. The molecule has 0 unspecified atom stereocenters. The van der Waals surface area contributed by atoms with E-state index in [1.54, 1.807) is 23.4 Å². The van der Waals surface area contributed by atoms with Crippen molar-refractivity contribution >= 4 is 5.91 Å². The Morgan fingerprint density at radius 1 is 1.36 bits per heavy atom. The van der Waals surface area contributed by atoms with Crippen molar-refractivity contribution in [2.75, 3.05) is 19.8 Å². The van der Waals surface area contributed by atoms with E-state index < -0.39 is 0 Å². The molecule has 134 valence electrons. The number of amides is 1. The van der Waals surface area contributed by atoms with Gasteiger partial charge in [-0.25, -0.2) is 4.98 Å². The van der Waals surface area contributed by atoms with E-state index in [9.17, 15) is 4.79 Å². The molecule has 1 saturated heterocycles. The van der Waals surface area contributed by atoms with E-state index in [4.69, 9.17) is 4.74 Å². The van der Waals surface area contributed by atoms with Gasteiger partial charge in [-0.05, 0) is 26.2 Å². The summed E-state index contributed by atoms with van der Waals surface area (Å²) in [4.78, 5) is 27.2. The van der Waals surface area contributed by atoms with Crippen molar-refractivity contribution in [2.45, 2.75) is 45.2 Å². The fraction of sp³-hybridized carbons (Fsp3) is 0.588. The minimum atomic E-state index is 0.106. The average Bonchev–Trinajstić information content (AvgIpc) is 3.15. The van der Waals surface area contributed by atoms with Crippen LogP contribution in [-0.2, 0) is 22.5 Å². The van der Waals surface area contributed by atoms with Crippen LogP contribution in [0.4, 0.5) is 0 Å². The minimum Gasteiger partial charge on any atom is -0.377 e. The summed E-state index contributed by atoms with van der Waals surface area (Å²) in [5.74, 6) is 0.185. The topological polar surface area (TPSA) is 86.0 Å². The zero-order chi connectivity index (χ0) is 17.5. The van der Waals surface area contributed by atoms with Crippen LogP contribution in [-0.4, -0.2) is 61.3 Å². The third-order valence-electron chi connectivity index (χ3n) is 4.49. The van der Waals surface area contributed by atoms with Crippen LogP contribution in [0.2, 0.25) is 0 Å². The maximum absolute atomic E-state index is 12.6. The third-order valence-corrected chi connectivity index (χ3v) is 4.49. The Labute approximate surface area is 147 Å². The molecule has 3 rings (SSSR count). The van der Waals surface area contributed by atoms with Crippen molar-refractivity contribution in [1.29, 1.82) is 0 Å². The Hall–Kier alpha value is -2.35. The molecule has 0 N–H and O–H groups in total. The van der Waals surface area contributed by atoms with Gasteiger partial charge < -0.3 is 9.64 Å². The van der Waals surface area contributed by atoms with Gasteiger partial charge in [0, 0.05) is 31.9 Å². The number of rotatable bonds is 7.